The van der Waals surface area contributed by atoms with Crippen LogP contribution in [0.25, 0.3) is 21.5 Å². The van der Waals surface area contributed by atoms with Crippen molar-refractivity contribution >= 4 is 22.1 Å². The molecule has 0 radical (unpaired) electrons. The van der Waals surface area contributed by atoms with Crippen molar-refractivity contribution in [2.45, 2.75) is 12.6 Å². The number of aromatic nitrogens is 2. The monoisotopic (exact) mass is 368 g/mol. The van der Waals surface area contributed by atoms with E-state index in [-0.39, 0.29) is 19.0 Å². The van der Waals surface area contributed by atoms with Gasteiger partial charge in [-0.1, -0.05) is 42.5 Å². The second-order valence-electron chi connectivity index (χ2n) is 5.77. The van der Waals surface area contributed by atoms with Gasteiger partial charge in [-0.25, -0.2) is 4.79 Å². The summed E-state index contributed by atoms with van der Waals surface area (Å²) in [6.45, 7) is 0.0418. The van der Waals surface area contributed by atoms with Crippen molar-refractivity contribution in [1.29, 1.82) is 0 Å². The molecular formula is C19H16N2O4S. The summed E-state index contributed by atoms with van der Waals surface area (Å²) in [6.07, 6.45) is -0.895. The summed E-state index contributed by atoms with van der Waals surface area (Å²) in [5.41, 5.74) is 0. The van der Waals surface area contributed by atoms with Gasteiger partial charge in [0.2, 0.25) is 0 Å². The molecule has 0 saturated carbocycles. The lowest BCUT2D eigenvalue weighted by Crippen LogP contribution is -2.29. The van der Waals surface area contributed by atoms with Crippen LogP contribution in [0.1, 0.15) is 0 Å². The molecule has 1 atom stereocenters. The van der Waals surface area contributed by atoms with Crippen LogP contribution in [0.15, 0.2) is 69.2 Å². The molecule has 0 spiro atoms. The summed E-state index contributed by atoms with van der Waals surface area (Å²) < 4.78 is 12.0. The van der Waals surface area contributed by atoms with Crippen molar-refractivity contribution in [3.63, 3.8) is 0 Å². The molecule has 0 amide bonds. The minimum Gasteiger partial charge on any atom is -0.490 e. The Kier molecular flexibility index (Phi) is 4.55. The Morgan fingerprint density at radius 3 is 2.85 bits per heavy atom. The molecule has 0 fully saturated rings. The quantitative estimate of drug-likeness (QED) is 0.566. The minimum absolute atomic E-state index is 0.00151. The molecule has 0 saturated heterocycles. The van der Waals surface area contributed by atoms with Crippen molar-refractivity contribution in [2.75, 3.05) is 6.61 Å². The lowest BCUT2D eigenvalue weighted by atomic mass is 10.1. The Bertz CT molecular complexity index is 1060. The number of ether oxygens (including phenoxy) is 1. The third kappa shape index (κ3) is 3.40. The van der Waals surface area contributed by atoms with E-state index in [2.05, 4.69) is 5.10 Å². The maximum absolute atomic E-state index is 11.9. The second-order valence-corrected chi connectivity index (χ2v) is 6.72. The van der Waals surface area contributed by atoms with E-state index in [9.17, 15) is 9.90 Å². The molecule has 7 heteroatoms. The molecule has 6 nitrogen and oxygen atoms in total. The maximum atomic E-state index is 11.9. The zero-order valence-electron chi connectivity index (χ0n) is 13.7. The zero-order chi connectivity index (χ0) is 17.9. The van der Waals surface area contributed by atoms with Gasteiger partial charge in [-0.05, 0) is 22.9 Å². The average molecular weight is 368 g/mol. The van der Waals surface area contributed by atoms with E-state index in [0.717, 1.165) is 20.3 Å². The smallest absolute Gasteiger partial charge is 0.437 e. The number of nitrogens with zero attached hydrogens (tertiary/aromatic N) is 2. The highest BCUT2D eigenvalue weighted by Crippen LogP contribution is 2.25. The van der Waals surface area contributed by atoms with Gasteiger partial charge in [-0.2, -0.15) is 4.68 Å². The molecule has 0 unspecified atom stereocenters. The molecule has 2 aromatic carbocycles. The number of hydrogen-bond acceptors (Lipinski definition) is 6. The van der Waals surface area contributed by atoms with E-state index < -0.39 is 11.9 Å². The van der Waals surface area contributed by atoms with Crippen LogP contribution in [0.3, 0.4) is 0 Å². The van der Waals surface area contributed by atoms with Crippen molar-refractivity contribution in [2.24, 2.45) is 0 Å². The van der Waals surface area contributed by atoms with Gasteiger partial charge >= 0.3 is 5.76 Å². The fourth-order valence-electron chi connectivity index (χ4n) is 2.68. The highest BCUT2D eigenvalue weighted by Gasteiger charge is 2.15. The van der Waals surface area contributed by atoms with Crippen molar-refractivity contribution in [3.05, 3.63) is 70.5 Å². The fraction of sp³-hybridized carbons (Fsp3) is 0.158. The summed E-state index contributed by atoms with van der Waals surface area (Å²) in [5.74, 6) is 0.346. The molecule has 4 aromatic rings. The molecule has 2 heterocycles. The molecule has 0 aliphatic carbocycles. The van der Waals surface area contributed by atoms with Crippen LogP contribution in [-0.2, 0) is 6.54 Å². The van der Waals surface area contributed by atoms with Gasteiger partial charge in [0.15, 0.2) is 0 Å². The number of benzene rings is 2. The molecule has 0 aliphatic rings. The maximum Gasteiger partial charge on any atom is 0.437 e. The fourth-order valence-corrected chi connectivity index (χ4v) is 3.33. The first-order valence-corrected chi connectivity index (χ1v) is 8.99. The number of aliphatic hydroxyl groups excluding tert-OH is 1. The number of thiophene rings is 1. The largest absolute Gasteiger partial charge is 0.490 e. The van der Waals surface area contributed by atoms with Gasteiger partial charge in [-0.3, -0.25) is 0 Å². The molecular weight excluding hydrogens is 352 g/mol. The van der Waals surface area contributed by atoms with Gasteiger partial charge in [0.05, 0.1) is 11.4 Å². The minimum atomic E-state index is -0.895. The van der Waals surface area contributed by atoms with Crippen LogP contribution >= 0.6 is 11.3 Å². The highest BCUT2D eigenvalue weighted by atomic mass is 32.1. The van der Waals surface area contributed by atoms with E-state index in [1.165, 1.54) is 11.3 Å². The molecule has 0 aliphatic heterocycles. The number of rotatable bonds is 6. The van der Waals surface area contributed by atoms with Crippen LogP contribution < -0.4 is 10.5 Å². The second kappa shape index (κ2) is 7.15. The van der Waals surface area contributed by atoms with E-state index in [4.69, 9.17) is 9.15 Å². The molecule has 132 valence electrons. The van der Waals surface area contributed by atoms with Crippen LogP contribution in [0.4, 0.5) is 0 Å². The predicted octanol–water partition coefficient (Wildman–Crippen LogP) is 3.16. The first-order valence-electron chi connectivity index (χ1n) is 8.11. The van der Waals surface area contributed by atoms with Gasteiger partial charge in [0, 0.05) is 5.39 Å². The Hall–Kier alpha value is -2.90. The summed E-state index contributed by atoms with van der Waals surface area (Å²) >= 11 is 1.43. The molecule has 0 bridgehead atoms. The van der Waals surface area contributed by atoms with Crippen molar-refractivity contribution < 1.29 is 14.3 Å². The Labute approximate surface area is 152 Å². The van der Waals surface area contributed by atoms with Gasteiger partial charge < -0.3 is 14.3 Å². The van der Waals surface area contributed by atoms with Crippen LogP contribution in [-0.4, -0.2) is 27.6 Å². The topological polar surface area (TPSA) is 77.5 Å². The third-order valence-electron chi connectivity index (χ3n) is 3.90. The third-order valence-corrected chi connectivity index (χ3v) is 4.76. The van der Waals surface area contributed by atoms with E-state index >= 15 is 0 Å². The molecule has 4 rings (SSSR count). The first-order chi connectivity index (χ1) is 12.7. The highest BCUT2D eigenvalue weighted by molar-refractivity contribution is 7.13. The van der Waals surface area contributed by atoms with Crippen LogP contribution in [0, 0.1) is 0 Å². The summed E-state index contributed by atoms with van der Waals surface area (Å²) in [7, 11) is 0. The van der Waals surface area contributed by atoms with Crippen LogP contribution in [0.5, 0.6) is 5.75 Å². The molecule has 1 N–H and O–H groups in total. The van der Waals surface area contributed by atoms with Crippen molar-refractivity contribution in [1.82, 2.24) is 9.78 Å². The summed E-state index contributed by atoms with van der Waals surface area (Å²) in [5, 5.41) is 18.3. The molecule has 26 heavy (non-hydrogen) atoms. The zero-order valence-corrected chi connectivity index (χ0v) is 14.6. The van der Waals surface area contributed by atoms with Gasteiger partial charge in [0.25, 0.3) is 5.89 Å². The van der Waals surface area contributed by atoms with E-state index in [0.29, 0.717) is 5.75 Å². The summed E-state index contributed by atoms with van der Waals surface area (Å²) in [6, 6.07) is 17.3. The van der Waals surface area contributed by atoms with Crippen LogP contribution in [0.2, 0.25) is 0 Å². The van der Waals surface area contributed by atoms with E-state index in [1.54, 1.807) is 0 Å². The SMILES string of the molecule is O=c1oc(-c2cccs2)nn1C[C@@H](O)COc1cccc2ccccc12. The van der Waals surface area contributed by atoms with Gasteiger partial charge in [-0.15, -0.1) is 16.4 Å². The first kappa shape index (κ1) is 16.6. The Morgan fingerprint density at radius 2 is 2.00 bits per heavy atom. The number of aliphatic hydroxyl groups is 1. The van der Waals surface area contributed by atoms with Gasteiger partial charge in [0.1, 0.15) is 18.5 Å². The normalized spacial score (nSPS) is 12.3. The Morgan fingerprint density at radius 1 is 1.15 bits per heavy atom. The van der Waals surface area contributed by atoms with E-state index in [1.807, 2.05) is 60.0 Å². The molecule has 2 aromatic heterocycles. The predicted molar refractivity (Wildman–Crippen MR) is 99.5 cm³/mol. The summed E-state index contributed by atoms with van der Waals surface area (Å²) in [4.78, 5) is 12.7. The average Bonchev–Trinajstić information content (AvgIpc) is 3.30. The lowest BCUT2D eigenvalue weighted by Gasteiger charge is -2.13. The van der Waals surface area contributed by atoms with Crippen molar-refractivity contribution in [3.8, 4) is 16.5 Å². The standard InChI is InChI=1S/C19H16N2O4S/c22-14(11-21-19(23)25-18(20-21)17-9-4-10-26-17)12-24-16-8-3-6-13-5-1-2-7-15(13)16/h1-10,14,22H,11-12H2/t14-/m1/s1. The lowest BCUT2D eigenvalue weighted by molar-refractivity contribution is 0.0882. The number of fused-ring (bicyclic) bond motifs is 1. The Balaban J connectivity index is 1.44. The number of hydrogen-bond donors (Lipinski definition) is 1.